The molecule has 0 unspecified atom stereocenters. The number of amides is 1. The van der Waals surface area contributed by atoms with Crippen LogP contribution >= 0.6 is 0 Å². The van der Waals surface area contributed by atoms with E-state index in [2.05, 4.69) is 25.5 Å². The summed E-state index contributed by atoms with van der Waals surface area (Å²) in [5, 5.41) is 6.32. The molecular weight excluding hydrogens is 516 g/mol. The fraction of sp³-hybridized carbons (Fsp3) is 0.483. The highest BCUT2D eigenvalue weighted by Crippen LogP contribution is 2.37. The quantitative estimate of drug-likeness (QED) is 0.258. The molecule has 1 saturated heterocycles. The number of halogens is 2. The minimum absolute atomic E-state index is 0. The Morgan fingerprint density at radius 1 is 1.20 bits per heavy atom. The third kappa shape index (κ3) is 5.34. The number of hydrogen-bond acceptors (Lipinski definition) is 7. The number of fused-ring (bicyclic) bond motifs is 1. The number of ether oxygens (including phenoxy) is 1. The summed E-state index contributed by atoms with van der Waals surface area (Å²) in [4.78, 5) is 24.0. The van der Waals surface area contributed by atoms with Crippen LogP contribution in [0.4, 0.5) is 25.8 Å². The van der Waals surface area contributed by atoms with Gasteiger partial charge in [-0.3, -0.25) is 9.79 Å². The van der Waals surface area contributed by atoms with Gasteiger partial charge in [-0.1, -0.05) is 0 Å². The van der Waals surface area contributed by atoms with Crippen LogP contribution in [0.5, 0.6) is 5.75 Å². The van der Waals surface area contributed by atoms with Crippen molar-refractivity contribution in [3.63, 3.8) is 0 Å². The van der Waals surface area contributed by atoms with Gasteiger partial charge in [-0.2, -0.15) is 4.39 Å². The molecule has 1 amide bonds. The highest BCUT2D eigenvalue weighted by molar-refractivity contribution is 6.12. The number of rotatable bonds is 9. The molecule has 3 aromatic rings. The van der Waals surface area contributed by atoms with Crippen LogP contribution in [0.2, 0.25) is 0 Å². The van der Waals surface area contributed by atoms with Gasteiger partial charge < -0.3 is 30.4 Å². The monoisotopic (exact) mass is 555 g/mol. The zero-order valence-corrected chi connectivity index (χ0v) is 22.8. The zero-order chi connectivity index (χ0) is 28.0. The molecule has 2 aliphatic carbocycles. The molecule has 3 fully saturated rings. The van der Waals surface area contributed by atoms with Gasteiger partial charge in [0.15, 0.2) is 11.4 Å². The molecule has 0 atom stereocenters. The highest BCUT2D eigenvalue weighted by atomic mass is 19.1. The standard InChI is InChI=1S/C29H35F2N7O2.2H2/c1-16-13-38-14-22(27(25(31)28(38)34-16)40-15-17-3-4-17)36-29(39)24-21(30)11-23(20(12-33-2)26(24)32)37-9-7-19(8-10-37)35-18-5-6-18;;/h11-14,17-19,35H,3-10,15,32H2,1-2H3,(H,36,39);2*1H. The molecule has 2 saturated carbocycles. The van der Waals surface area contributed by atoms with E-state index >= 15 is 8.78 Å². The van der Waals surface area contributed by atoms with Crippen LogP contribution in [0.25, 0.3) is 5.65 Å². The number of carbonyl (C=O) groups excluding carboxylic acids is 1. The lowest BCUT2D eigenvalue weighted by Crippen LogP contribution is -2.43. The molecule has 6 rings (SSSR count). The summed E-state index contributed by atoms with van der Waals surface area (Å²) in [7, 11) is 1.60. The number of piperidine rings is 1. The molecular formula is C29H39F2N7O2. The molecule has 0 spiro atoms. The Morgan fingerprint density at radius 2 is 1.93 bits per heavy atom. The third-order valence-electron chi connectivity index (χ3n) is 7.88. The van der Waals surface area contributed by atoms with Crippen molar-refractivity contribution in [2.45, 2.75) is 57.5 Å². The van der Waals surface area contributed by atoms with E-state index in [1.165, 1.54) is 29.5 Å². The second-order valence-corrected chi connectivity index (χ2v) is 11.2. The van der Waals surface area contributed by atoms with Gasteiger partial charge in [0, 0.05) is 59.2 Å². The van der Waals surface area contributed by atoms with Crippen LogP contribution < -0.4 is 26.0 Å². The first-order valence-corrected chi connectivity index (χ1v) is 14.0. The fourth-order valence-corrected chi connectivity index (χ4v) is 5.39. The summed E-state index contributed by atoms with van der Waals surface area (Å²) in [5.41, 5.74) is 7.98. The van der Waals surface area contributed by atoms with Gasteiger partial charge in [-0.05, 0) is 57.4 Å². The number of nitrogens with one attached hydrogen (secondary N) is 2. The van der Waals surface area contributed by atoms with Crippen LogP contribution in [0.1, 0.15) is 63.0 Å². The number of benzene rings is 1. The molecule has 1 aliphatic heterocycles. The van der Waals surface area contributed by atoms with Crippen LogP contribution in [0.3, 0.4) is 0 Å². The summed E-state index contributed by atoms with van der Waals surface area (Å²) in [5.74, 6) is -2.00. The van der Waals surface area contributed by atoms with Crippen molar-refractivity contribution in [1.29, 1.82) is 0 Å². The van der Waals surface area contributed by atoms with E-state index < -0.39 is 17.5 Å². The van der Waals surface area contributed by atoms with Crippen molar-refractivity contribution in [2.75, 3.05) is 42.7 Å². The summed E-state index contributed by atoms with van der Waals surface area (Å²) in [6, 6.07) is 2.44. The molecule has 11 heteroatoms. The van der Waals surface area contributed by atoms with E-state index in [0.29, 0.717) is 41.6 Å². The smallest absolute Gasteiger partial charge is 0.260 e. The molecule has 0 bridgehead atoms. The number of carbonyl (C=O) groups is 1. The summed E-state index contributed by atoms with van der Waals surface area (Å²) >= 11 is 0. The number of nitrogens with two attached hydrogens (primary N) is 1. The molecule has 4 N–H and O–H groups in total. The third-order valence-corrected chi connectivity index (χ3v) is 7.88. The highest BCUT2D eigenvalue weighted by Gasteiger charge is 2.30. The van der Waals surface area contributed by atoms with Crippen molar-refractivity contribution in [1.82, 2.24) is 14.7 Å². The summed E-state index contributed by atoms with van der Waals surface area (Å²) in [6.45, 7) is 3.55. The Labute approximate surface area is 234 Å². The van der Waals surface area contributed by atoms with Crippen molar-refractivity contribution >= 4 is 34.8 Å². The van der Waals surface area contributed by atoms with Gasteiger partial charge in [-0.15, -0.1) is 0 Å². The number of anilines is 3. The van der Waals surface area contributed by atoms with Crippen LogP contribution in [-0.4, -0.2) is 60.3 Å². The summed E-state index contributed by atoms with van der Waals surface area (Å²) < 4.78 is 38.4. The van der Waals surface area contributed by atoms with Crippen molar-refractivity contribution in [2.24, 2.45) is 10.9 Å². The first kappa shape index (κ1) is 26.5. The second kappa shape index (κ2) is 10.7. The molecule has 3 aliphatic rings. The Bertz CT molecular complexity index is 1480. The maximum absolute atomic E-state index is 15.6. The lowest BCUT2D eigenvalue weighted by atomic mass is 9.99. The van der Waals surface area contributed by atoms with E-state index in [9.17, 15) is 4.79 Å². The van der Waals surface area contributed by atoms with E-state index in [4.69, 9.17) is 10.5 Å². The average Bonchev–Trinajstić information content (AvgIpc) is 3.86. The number of nitrogens with zero attached hydrogens (tertiary/aromatic N) is 4. The fourth-order valence-electron chi connectivity index (χ4n) is 5.39. The zero-order valence-electron chi connectivity index (χ0n) is 22.8. The number of aromatic nitrogens is 2. The van der Waals surface area contributed by atoms with E-state index in [1.54, 1.807) is 26.4 Å². The molecule has 216 valence electrons. The van der Waals surface area contributed by atoms with Gasteiger partial charge >= 0.3 is 0 Å². The molecule has 3 heterocycles. The van der Waals surface area contributed by atoms with Crippen LogP contribution in [-0.2, 0) is 0 Å². The molecule has 9 nitrogen and oxygen atoms in total. The van der Waals surface area contributed by atoms with Crippen LogP contribution in [0.15, 0.2) is 23.5 Å². The molecule has 0 radical (unpaired) electrons. The molecule has 40 heavy (non-hydrogen) atoms. The summed E-state index contributed by atoms with van der Waals surface area (Å²) in [6.07, 6.45) is 11.1. The Kier molecular flexibility index (Phi) is 7.07. The predicted molar refractivity (Wildman–Crippen MR) is 156 cm³/mol. The van der Waals surface area contributed by atoms with E-state index in [1.807, 2.05) is 0 Å². The number of aliphatic imine (C=N–C) groups is 1. The first-order chi connectivity index (χ1) is 19.3. The maximum atomic E-state index is 15.6. The number of nitrogen functional groups attached to an aromatic ring is 1. The minimum atomic E-state index is -0.800. The largest absolute Gasteiger partial charge is 0.488 e. The van der Waals surface area contributed by atoms with Gasteiger partial charge in [0.05, 0.1) is 29.2 Å². The van der Waals surface area contributed by atoms with Crippen LogP contribution in [0, 0.1) is 24.5 Å². The Morgan fingerprint density at radius 3 is 2.60 bits per heavy atom. The van der Waals surface area contributed by atoms with Gasteiger partial charge in [0.25, 0.3) is 5.91 Å². The predicted octanol–water partition coefficient (Wildman–Crippen LogP) is 4.81. The Balaban J connectivity index is 0.00000202. The number of hydrogen-bond donors (Lipinski definition) is 3. The molecule has 1 aromatic carbocycles. The topological polar surface area (TPSA) is 109 Å². The minimum Gasteiger partial charge on any atom is -0.488 e. The van der Waals surface area contributed by atoms with E-state index in [0.717, 1.165) is 38.8 Å². The first-order valence-electron chi connectivity index (χ1n) is 14.0. The number of aryl methyl sites for hydroxylation is 1. The van der Waals surface area contributed by atoms with E-state index in [-0.39, 0.29) is 31.2 Å². The average molecular weight is 556 g/mol. The second-order valence-electron chi connectivity index (χ2n) is 11.2. The lowest BCUT2D eigenvalue weighted by molar-refractivity contribution is 0.102. The lowest BCUT2D eigenvalue weighted by Gasteiger charge is -2.35. The SMILES string of the molecule is CN=Cc1c(N2CCC(NC3CC3)CC2)cc(F)c(C(=O)Nc2cn3cc(C)nc3c(F)c2OCC2CC2)c1N.[HH].[HH]. The number of pyridine rings is 1. The van der Waals surface area contributed by atoms with Crippen molar-refractivity contribution in [3.05, 3.63) is 46.9 Å². The van der Waals surface area contributed by atoms with Gasteiger partial charge in [0.1, 0.15) is 11.5 Å². The van der Waals surface area contributed by atoms with Gasteiger partial charge in [0.2, 0.25) is 5.82 Å². The molecule has 2 aromatic heterocycles. The Hall–Kier alpha value is -3.73. The number of imidazole rings is 1. The maximum Gasteiger partial charge on any atom is 0.260 e. The normalized spacial score (nSPS) is 18.1. The van der Waals surface area contributed by atoms with Crippen molar-refractivity contribution < 1.29 is 21.2 Å². The van der Waals surface area contributed by atoms with Gasteiger partial charge in [-0.25, -0.2) is 9.37 Å². The van der Waals surface area contributed by atoms with Crippen molar-refractivity contribution in [3.8, 4) is 5.75 Å².